The molecule has 0 aromatic heterocycles. The Morgan fingerprint density at radius 1 is 1.32 bits per heavy atom. The molecule has 0 spiro atoms. The number of hydrogen-bond acceptors (Lipinski definition) is 3. The van der Waals surface area contributed by atoms with E-state index in [2.05, 4.69) is 5.32 Å². The van der Waals surface area contributed by atoms with E-state index in [0.717, 1.165) is 18.4 Å². The highest BCUT2D eigenvalue weighted by Crippen LogP contribution is 2.33. The first-order valence-corrected chi connectivity index (χ1v) is 6.64. The largest absolute Gasteiger partial charge is 0.396 e. The molecule has 1 amide bonds. The van der Waals surface area contributed by atoms with Gasteiger partial charge in [-0.2, -0.15) is 0 Å². The van der Waals surface area contributed by atoms with Crippen molar-refractivity contribution in [3.05, 3.63) is 35.4 Å². The van der Waals surface area contributed by atoms with Crippen LogP contribution < -0.4 is 5.32 Å². The second-order valence-electron chi connectivity index (χ2n) is 5.12. The highest BCUT2D eigenvalue weighted by molar-refractivity contribution is 6.42. The molecule has 1 aromatic rings. The number of aliphatic hydroxyl groups is 1. The Labute approximate surface area is 112 Å². The van der Waals surface area contributed by atoms with Crippen molar-refractivity contribution in [2.75, 3.05) is 6.61 Å². The maximum Gasteiger partial charge on any atom is 0.292 e. The van der Waals surface area contributed by atoms with Gasteiger partial charge in [-0.1, -0.05) is 29.8 Å². The van der Waals surface area contributed by atoms with Crippen LogP contribution in [0.4, 0.5) is 0 Å². The average molecular weight is 261 g/mol. The average Bonchev–Trinajstić information content (AvgIpc) is 3.22. The van der Waals surface area contributed by atoms with Crippen molar-refractivity contribution < 1.29 is 14.7 Å². The quantitative estimate of drug-likeness (QED) is 0.601. The minimum Gasteiger partial charge on any atom is -0.396 e. The second-order valence-corrected chi connectivity index (χ2v) is 5.12. The van der Waals surface area contributed by atoms with Gasteiger partial charge in [-0.05, 0) is 32.1 Å². The van der Waals surface area contributed by atoms with Gasteiger partial charge in [0.1, 0.15) is 0 Å². The van der Waals surface area contributed by atoms with Crippen molar-refractivity contribution in [2.24, 2.45) is 5.92 Å². The van der Waals surface area contributed by atoms with Crippen LogP contribution in [0.3, 0.4) is 0 Å². The lowest BCUT2D eigenvalue weighted by atomic mass is 10.1. The summed E-state index contributed by atoms with van der Waals surface area (Å²) in [7, 11) is 0. The van der Waals surface area contributed by atoms with Crippen molar-refractivity contribution in [3.63, 3.8) is 0 Å². The summed E-state index contributed by atoms with van der Waals surface area (Å²) < 4.78 is 0. The summed E-state index contributed by atoms with van der Waals surface area (Å²) in [6.45, 7) is 1.96. The Morgan fingerprint density at radius 2 is 1.95 bits per heavy atom. The molecule has 0 aliphatic heterocycles. The molecule has 1 aliphatic rings. The summed E-state index contributed by atoms with van der Waals surface area (Å²) in [5, 5.41) is 11.7. The monoisotopic (exact) mass is 261 g/mol. The molecular formula is C15H19NO3. The number of aryl methyl sites for hydroxylation is 1. The smallest absolute Gasteiger partial charge is 0.292 e. The van der Waals surface area contributed by atoms with E-state index in [9.17, 15) is 9.59 Å². The van der Waals surface area contributed by atoms with Crippen LogP contribution in [0.2, 0.25) is 0 Å². The molecule has 2 rings (SSSR count). The van der Waals surface area contributed by atoms with Crippen molar-refractivity contribution in [1.82, 2.24) is 5.32 Å². The van der Waals surface area contributed by atoms with E-state index in [-0.39, 0.29) is 12.6 Å². The lowest BCUT2D eigenvalue weighted by Crippen LogP contribution is -2.41. The number of nitrogens with one attached hydrogen (secondary N) is 1. The van der Waals surface area contributed by atoms with Gasteiger partial charge in [0.05, 0.1) is 0 Å². The summed E-state index contributed by atoms with van der Waals surface area (Å²) in [4.78, 5) is 23.9. The molecule has 1 aromatic carbocycles. The first-order valence-electron chi connectivity index (χ1n) is 6.64. The van der Waals surface area contributed by atoms with Crippen molar-refractivity contribution >= 4 is 11.7 Å². The Hall–Kier alpha value is -1.68. The Bertz CT molecular complexity index is 463. The fourth-order valence-corrected chi connectivity index (χ4v) is 2.13. The summed E-state index contributed by atoms with van der Waals surface area (Å²) in [6.07, 6.45) is 2.63. The molecule has 4 nitrogen and oxygen atoms in total. The van der Waals surface area contributed by atoms with Crippen molar-refractivity contribution in [2.45, 2.75) is 32.2 Å². The molecule has 2 N–H and O–H groups in total. The maximum atomic E-state index is 12.0. The van der Waals surface area contributed by atoms with Gasteiger partial charge in [0.2, 0.25) is 5.78 Å². The summed E-state index contributed by atoms with van der Waals surface area (Å²) >= 11 is 0. The highest BCUT2D eigenvalue weighted by atomic mass is 16.3. The van der Waals surface area contributed by atoms with E-state index in [1.165, 1.54) is 0 Å². The number of carbonyl (C=O) groups is 2. The fourth-order valence-electron chi connectivity index (χ4n) is 2.13. The Morgan fingerprint density at radius 3 is 2.47 bits per heavy atom. The van der Waals surface area contributed by atoms with Gasteiger partial charge in [-0.25, -0.2) is 0 Å². The third-order valence-corrected chi connectivity index (χ3v) is 3.47. The summed E-state index contributed by atoms with van der Waals surface area (Å²) in [5.74, 6) is -0.667. The minimum absolute atomic E-state index is 0.0279. The third-order valence-electron chi connectivity index (χ3n) is 3.47. The molecule has 1 unspecified atom stereocenters. The Kier molecular flexibility index (Phi) is 4.32. The lowest BCUT2D eigenvalue weighted by molar-refractivity contribution is -0.117. The van der Waals surface area contributed by atoms with E-state index < -0.39 is 11.7 Å². The van der Waals surface area contributed by atoms with Gasteiger partial charge in [-0.15, -0.1) is 0 Å². The first-order chi connectivity index (χ1) is 9.11. The molecule has 0 bridgehead atoms. The number of Topliss-reactive ketones (excluding diaryl/α,β-unsaturated/α-hetero) is 1. The van der Waals surface area contributed by atoms with Crippen molar-refractivity contribution in [1.29, 1.82) is 0 Å². The normalized spacial score (nSPS) is 15.9. The molecule has 1 aliphatic carbocycles. The zero-order valence-electron chi connectivity index (χ0n) is 11.1. The number of ketones is 1. The fraction of sp³-hybridized carbons (Fsp3) is 0.467. The molecule has 1 fully saturated rings. The van der Waals surface area contributed by atoms with Gasteiger partial charge < -0.3 is 10.4 Å². The van der Waals surface area contributed by atoms with Crippen LogP contribution in [-0.2, 0) is 4.79 Å². The van der Waals surface area contributed by atoms with E-state index in [1.54, 1.807) is 12.1 Å². The standard InChI is InChI=1S/C15H19NO3/c1-10-2-4-12(5-3-10)14(18)15(19)16-13(8-9-17)11-6-7-11/h2-5,11,13,17H,6-9H2,1H3,(H,16,19). The number of aliphatic hydroxyl groups excluding tert-OH is 1. The van der Waals surface area contributed by atoms with E-state index in [4.69, 9.17) is 5.11 Å². The van der Waals surface area contributed by atoms with Crippen LogP contribution in [0.15, 0.2) is 24.3 Å². The number of hydrogen-bond donors (Lipinski definition) is 2. The molecule has 102 valence electrons. The third kappa shape index (κ3) is 3.64. The SMILES string of the molecule is Cc1ccc(C(=O)C(=O)NC(CCO)C2CC2)cc1. The first kappa shape index (κ1) is 13.7. The van der Waals surface area contributed by atoms with Crippen LogP contribution in [0.25, 0.3) is 0 Å². The summed E-state index contributed by atoms with van der Waals surface area (Å²) in [6, 6.07) is 6.87. The van der Waals surface area contributed by atoms with Gasteiger partial charge in [0.25, 0.3) is 5.91 Å². The molecule has 1 saturated carbocycles. The van der Waals surface area contributed by atoms with Gasteiger partial charge >= 0.3 is 0 Å². The zero-order chi connectivity index (χ0) is 13.8. The van der Waals surface area contributed by atoms with Gasteiger partial charge in [0.15, 0.2) is 0 Å². The molecule has 0 saturated heterocycles. The van der Waals surface area contributed by atoms with E-state index in [1.807, 2.05) is 19.1 Å². The highest BCUT2D eigenvalue weighted by Gasteiger charge is 2.33. The number of amides is 1. The van der Waals surface area contributed by atoms with Crippen LogP contribution in [0, 0.1) is 12.8 Å². The van der Waals surface area contributed by atoms with Gasteiger partial charge in [-0.3, -0.25) is 9.59 Å². The zero-order valence-corrected chi connectivity index (χ0v) is 11.1. The second kappa shape index (κ2) is 5.97. The number of carbonyl (C=O) groups excluding carboxylic acids is 2. The van der Waals surface area contributed by atoms with Crippen molar-refractivity contribution in [3.8, 4) is 0 Å². The van der Waals surface area contributed by atoms with E-state index >= 15 is 0 Å². The predicted molar refractivity (Wildman–Crippen MR) is 71.9 cm³/mol. The number of rotatable bonds is 6. The van der Waals surface area contributed by atoms with Gasteiger partial charge in [0, 0.05) is 18.2 Å². The molecular weight excluding hydrogens is 242 g/mol. The topological polar surface area (TPSA) is 66.4 Å². The Balaban J connectivity index is 1.98. The maximum absolute atomic E-state index is 12.0. The van der Waals surface area contributed by atoms with Crippen LogP contribution in [0.5, 0.6) is 0 Å². The van der Waals surface area contributed by atoms with E-state index in [0.29, 0.717) is 17.9 Å². The van der Waals surface area contributed by atoms with Crippen LogP contribution in [-0.4, -0.2) is 29.4 Å². The summed E-state index contributed by atoms with van der Waals surface area (Å²) in [5.41, 5.74) is 1.45. The molecule has 0 radical (unpaired) electrons. The van der Waals surface area contributed by atoms with Crippen LogP contribution >= 0.6 is 0 Å². The molecule has 4 heteroatoms. The lowest BCUT2D eigenvalue weighted by Gasteiger charge is -2.16. The van der Waals surface area contributed by atoms with Crippen LogP contribution in [0.1, 0.15) is 35.2 Å². The minimum atomic E-state index is -0.575. The molecule has 1 atom stereocenters. The molecule has 19 heavy (non-hydrogen) atoms. The molecule has 0 heterocycles. The predicted octanol–water partition coefficient (Wildman–Crippen LogP) is 1.45. The number of benzene rings is 1.